The third-order valence-corrected chi connectivity index (χ3v) is 7.59. The zero-order valence-electron chi connectivity index (χ0n) is 15.8. The molecule has 23 heavy (non-hydrogen) atoms. The first kappa shape index (κ1) is 26.0. The Bertz CT molecular complexity index is 409. The second kappa shape index (κ2) is 10.7. The van der Waals surface area contributed by atoms with E-state index in [2.05, 4.69) is 62.0 Å². The predicted octanol–water partition coefficient (Wildman–Crippen LogP) is 6.33. The van der Waals surface area contributed by atoms with Crippen LogP contribution in [-0.2, 0) is 20.4 Å². The molecule has 0 aromatic heterocycles. The van der Waals surface area contributed by atoms with Gasteiger partial charge < -0.3 is 0 Å². The van der Waals surface area contributed by atoms with Crippen molar-refractivity contribution >= 4 is 24.8 Å². The van der Waals surface area contributed by atoms with Crippen molar-refractivity contribution in [1.29, 1.82) is 0 Å². The molecule has 0 amide bonds. The minimum atomic E-state index is 0. The molecule has 1 aliphatic rings. The van der Waals surface area contributed by atoms with Gasteiger partial charge in [0.1, 0.15) is 0 Å². The quantitative estimate of drug-likeness (QED) is 0.476. The predicted molar refractivity (Wildman–Crippen MR) is 104 cm³/mol. The van der Waals surface area contributed by atoms with E-state index >= 15 is 0 Å². The van der Waals surface area contributed by atoms with Gasteiger partial charge in [-0.3, -0.25) is 0 Å². The first-order chi connectivity index (χ1) is 9.82. The molecule has 4 heteroatoms. The number of unbranched alkanes of at least 4 members (excludes halogenated alkanes) is 2. The van der Waals surface area contributed by atoms with Crippen LogP contribution in [0.1, 0.15) is 80.1 Å². The fourth-order valence-corrected chi connectivity index (χ4v) is 5.13. The minimum absolute atomic E-state index is 0. The van der Waals surface area contributed by atoms with Gasteiger partial charge in [-0.05, 0) is 0 Å². The molecule has 0 heterocycles. The van der Waals surface area contributed by atoms with Crippen LogP contribution in [0.25, 0.3) is 0 Å². The van der Waals surface area contributed by atoms with Gasteiger partial charge in [-0.25, -0.2) is 0 Å². The SMILES string of the molecule is CCCCC(CN)(CCCC)C1(C)C(C)=C(C)C(C)=[C]1[Ti].Cl.Cl. The van der Waals surface area contributed by atoms with Crippen LogP contribution < -0.4 is 5.73 Å². The molecule has 0 aromatic rings. The summed E-state index contributed by atoms with van der Waals surface area (Å²) in [4.78, 5) is 0. The summed E-state index contributed by atoms with van der Waals surface area (Å²) in [6, 6.07) is 0. The topological polar surface area (TPSA) is 26.0 Å². The zero-order valence-corrected chi connectivity index (χ0v) is 19.0. The standard InChI is InChI=1S/C19H34N.2ClH.Ti/c1-7-9-11-19(14-20,12-10-8-2)18(6)13-15(3)16(4)17(18)5;;;/h7-12,14,20H2,1-6H3;2*1H;. The van der Waals surface area contributed by atoms with Gasteiger partial charge in [0, 0.05) is 0 Å². The van der Waals surface area contributed by atoms with Crippen LogP contribution in [0.2, 0.25) is 0 Å². The number of hydrogen-bond donors (Lipinski definition) is 1. The van der Waals surface area contributed by atoms with Crippen LogP contribution in [0.5, 0.6) is 0 Å². The number of rotatable bonds is 8. The third kappa shape index (κ3) is 4.47. The van der Waals surface area contributed by atoms with E-state index in [0.29, 0.717) is 0 Å². The summed E-state index contributed by atoms with van der Waals surface area (Å²) in [5.74, 6) is 0. The molecule has 135 valence electrons. The Labute approximate surface area is 168 Å². The Balaban J connectivity index is 0. The monoisotopic (exact) mass is 396 g/mol. The summed E-state index contributed by atoms with van der Waals surface area (Å²) in [5.41, 5.74) is 11.4. The summed E-state index contributed by atoms with van der Waals surface area (Å²) in [6.45, 7) is 14.8. The second-order valence-corrected chi connectivity index (χ2v) is 7.85. The number of hydrogen-bond acceptors (Lipinski definition) is 1. The molecule has 0 fully saturated rings. The second-order valence-electron chi connectivity index (χ2n) is 7.07. The fraction of sp³-hybridized carbons (Fsp3) is 0.789. The van der Waals surface area contributed by atoms with E-state index < -0.39 is 0 Å². The van der Waals surface area contributed by atoms with Crippen molar-refractivity contribution < 1.29 is 20.4 Å². The van der Waals surface area contributed by atoms with Gasteiger partial charge in [-0.2, -0.15) is 0 Å². The van der Waals surface area contributed by atoms with Gasteiger partial charge in [0.2, 0.25) is 0 Å². The Hall–Kier alpha value is 0.734. The Kier molecular flexibility index (Phi) is 12.0. The largest absolute Gasteiger partial charge is 0.147 e. The number of halogens is 2. The van der Waals surface area contributed by atoms with Gasteiger partial charge in [0.25, 0.3) is 0 Å². The van der Waals surface area contributed by atoms with Crippen molar-refractivity contribution in [2.75, 3.05) is 6.54 Å². The first-order valence-corrected chi connectivity index (χ1v) is 9.41. The van der Waals surface area contributed by atoms with Gasteiger partial charge in [0.15, 0.2) is 0 Å². The molecule has 1 unspecified atom stereocenters. The summed E-state index contributed by atoms with van der Waals surface area (Å²) in [6.07, 6.45) is 7.60. The molecule has 0 spiro atoms. The van der Waals surface area contributed by atoms with Crippen LogP contribution in [0.15, 0.2) is 20.6 Å². The van der Waals surface area contributed by atoms with E-state index in [-0.39, 0.29) is 35.6 Å². The van der Waals surface area contributed by atoms with E-state index in [1.54, 1.807) is 9.45 Å². The van der Waals surface area contributed by atoms with Gasteiger partial charge in [-0.1, -0.05) is 0 Å². The van der Waals surface area contributed by atoms with Crippen molar-refractivity contribution in [3.05, 3.63) is 20.6 Å². The number of nitrogens with two attached hydrogens (primary N) is 1. The zero-order chi connectivity index (χ0) is 16.3. The minimum Gasteiger partial charge on any atom is -0.147 e. The molecule has 1 nitrogen and oxygen atoms in total. The van der Waals surface area contributed by atoms with Crippen LogP contribution in [0.4, 0.5) is 0 Å². The maximum absolute atomic E-state index is 6.42. The van der Waals surface area contributed by atoms with Gasteiger partial charge in [-0.15, -0.1) is 24.8 Å². The molecule has 2 N–H and O–H groups in total. The van der Waals surface area contributed by atoms with Crippen LogP contribution in [0.3, 0.4) is 0 Å². The Morgan fingerprint density at radius 2 is 1.39 bits per heavy atom. The van der Waals surface area contributed by atoms with E-state index in [9.17, 15) is 0 Å². The van der Waals surface area contributed by atoms with Crippen molar-refractivity contribution in [3.8, 4) is 0 Å². The van der Waals surface area contributed by atoms with E-state index in [0.717, 1.165) is 6.54 Å². The molecular formula is C19H36Cl2NTi. The van der Waals surface area contributed by atoms with Crippen LogP contribution in [0, 0.1) is 10.8 Å². The molecule has 1 rings (SSSR count). The van der Waals surface area contributed by atoms with Gasteiger partial charge >= 0.3 is 144 Å². The smallest absolute Gasteiger partial charge is 0.147 e. The van der Waals surface area contributed by atoms with E-state index in [1.165, 1.54) is 49.7 Å². The number of allylic oxidation sites excluding steroid dienone is 4. The Morgan fingerprint density at radius 3 is 1.65 bits per heavy atom. The van der Waals surface area contributed by atoms with Crippen molar-refractivity contribution in [3.63, 3.8) is 0 Å². The van der Waals surface area contributed by atoms with Crippen molar-refractivity contribution in [2.24, 2.45) is 16.6 Å². The van der Waals surface area contributed by atoms with E-state index in [4.69, 9.17) is 5.73 Å². The Morgan fingerprint density at radius 1 is 0.957 bits per heavy atom. The maximum Gasteiger partial charge on any atom is -0.147 e. The van der Waals surface area contributed by atoms with Crippen LogP contribution in [-0.4, -0.2) is 6.54 Å². The first-order valence-electron chi connectivity index (χ1n) is 8.63. The molecule has 1 aliphatic carbocycles. The van der Waals surface area contributed by atoms with Gasteiger partial charge in [0.05, 0.1) is 0 Å². The van der Waals surface area contributed by atoms with Crippen molar-refractivity contribution in [1.82, 2.24) is 0 Å². The van der Waals surface area contributed by atoms with E-state index in [1.807, 2.05) is 0 Å². The fourth-order valence-electron chi connectivity index (χ4n) is 4.13. The summed E-state index contributed by atoms with van der Waals surface area (Å²) in [5, 5.41) is 0. The molecule has 0 radical (unpaired) electrons. The molecule has 0 saturated carbocycles. The average molecular weight is 397 g/mol. The maximum atomic E-state index is 6.42. The molecule has 0 saturated heterocycles. The molecule has 0 bridgehead atoms. The molecule has 0 aromatic carbocycles. The summed E-state index contributed by atoms with van der Waals surface area (Å²) < 4.78 is 1.56. The third-order valence-electron chi connectivity index (χ3n) is 6.22. The molecular weight excluding hydrogens is 361 g/mol. The van der Waals surface area contributed by atoms with Crippen molar-refractivity contribution in [2.45, 2.75) is 80.1 Å². The van der Waals surface area contributed by atoms with Crippen LogP contribution >= 0.6 is 24.8 Å². The molecule has 1 atom stereocenters. The summed E-state index contributed by atoms with van der Waals surface area (Å²) in [7, 11) is 0. The molecule has 0 aliphatic heterocycles. The summed E-state index contributed by atoms with van der Waals surface area (Å²) >= 11 is 2.34. The average Bonchev–Trinajstić information content (AvgIpc) is 2.64. The normalized spacial score (nSPS) is 21.3.